The lowest BCUT2D eigenvalue weighted by molar-refractivity contribution is 0.00203. The molecule has 0 radical (unpaired) electrons. The lowest BCUT2D eigenvalue weighted by Crippen LogP contribution is -2.26. The molecule has 134 valence electrons. The molecule has 4 rings (SSSR count). The van der Waals surface area contributed by atoms with Crippen molar-refractivity contribution in [2.75, 3.05) is 12.0 Å². The maximum atomic E-state index is 6.05. The molecule has 4 heterocycles. The van der Waals surface area contributed by atoms with Gasteiger partial charge in [-0.15, -0.1) is 21.5 Å². The number of ether oxygens (including phenoxy) is 1. The quantitative estimate of drug-likeness (QED) is 0.463. The summed E-state index contributed by atoms with van der Waals surface area (Å²) in [5.41, 5.74) is 2.32. The molecule has 0 aromatic carbocycles. The van der Waals surface area contributed by atoms with Crippen molar-refractivity contribution in [3.05, 3.63) is 10.4 Å². The van der Waals surface area contributed by atoms with E-state index in [-0.39, 0.29) is 6.10 Å². The molecule has 0 unspecified atom stereocenters. The van der Waals surface area contributed by atoms with E-state index in [9.17, 15) is 0 Å². The van der Waals surface area contributed by atoms with Crippen LogP contribution in [0.2, 0.25) is 0 Å². The number of rotatable bonds is 5. The fourth-order valence-electron chi connectivity index (χ4n) is 3.18. The van der Waals surface area contributed by atoms with Gasteiger partial charge in [-0.25, -0.2) is 9.38 Å². The zero-order valence-electron chi connectivity index (χ0n) is 14.9. The summed E-state index contributed by atoms with van der Waals surface area (Å²) in [4.78, 5) is 7.29. The molecule has 0 N–H and O–H groups in total. The molecule has 0 aliphatic carbocycles. The van der Waals surface area contributed by atoms with Gasteiger partial charge < -0.3 is 4.74 Å². The summed E-state index contributed by atoms with van der Waals surface area (Å²) >= 11 is 5.15. The predicted octanol–water partition coefficient (Wildman–Crippen LogP) is 4.66. The zero-order chi connectivity index (χ0) is 17.6. The van der Waals surface area contributed by atoms with Gasteiger partial charge in [0.15, 0.2) is 16.0 Å². The van der Waals surface area contributed by atoms with E-state index in [1.807, 2.05) is 0 Å². The Bertz CT molecular complexity index is 918. The Hall–Kier alpha value is -0.830. The average Bonchev–Trinajstić information content (AvgIpc) is 3.19. The standard InChI is InChI=1S/C17H22N4OS3/c1-5-6-24-17-20-19-14-13-10-7-11(9(2)3)22-8-12(10)25-15(13)18-16(23-4)21(14)17/h9,11H,5-8H2,1-4H3/t11-/m1/s1. The number of thioether (sulfide) groups is 2. The van der Waals surface area contributed by atoms with Crippen molar-refractivity contribution >= 4 is 50.7 Å². The molecule has 1 atom stereocenters. The number of hydrogen-bond donors (Lipinski definition) is 0. The summed E-state index contributed by atoms with van der Waals surface area (Å²) < 4.78 is 8.19. The monoisotopic (exact) mass is 394 g/mol. The third-order valence-electron chi connectivity index (χ3n) is 4.51. The number of thiophene rings is 1. The van der Waals surface area contributed by atoms with E-state index in [2.05, 4.69) is 41.6 Å². The molecular formula is C17H22N4OS3. The second-order valence-corrected chi connectivity index (χ2v) is 9.49. The molecule has 0 saturated heterocycles. The minimum absolute atomic E-state index is 0.266. The summed E-state index contributed by atoms with van der Waals surface area (Å²) in [6.45, 7) is 7.32. The molecular weight excluding hydrogens is 372 g/mol. The molecule has 8 heteroatoms. The van der Waals surface area contributed by atoms with Gasteiger partial charge >= 0.3 is 0 Å². The van der Waals surface area contributed by atoms with E-state index in [1.165, 1.54) is 15.8 Å². The van der Waals surface area contributed by atoms with Crippen molar-refractivity contribution in [1.82, 2.24) is 19.6 Å². The largest absolute Gasteiger partial charge is 0.372 e. The highest BCUT2D eigenvalue weighted by Crippen LogP contribution is 2.40. The summed E-state index contributed by atoms with van der Waals surface area (Å²) in [6, 6.07) is 0. The minimum Gasteiger partial charge on any atom is -0.372 e. The van der Waals surface area contributed by atoms with Crippen LogP contribution in [-0.4, -0.2) is 37.7 Å². The molecule has 0 bridgehead atoms. The van der Waals surface area contributed by atoms with Crippen LogP contribution in [0, 0.1) is 5.92 Å². The molecule has 0 spiro atoms. The molecule has 0 fully saturated rings. The first-order chi connectivity index (χ1) is 12.1. The van der Waals surface area contributed by atoms with Crippen molar-refractivity contribution in [1.29, 1.82) is 0 Å². The molecule has 1 aliphatic heterocycles. The van der Waals surface area contributed by atoms with E-state index in [4.69, 9.17) is 9.72 Å². The van der Waals surface area contributed by atoms with Gasteiger partial charge in [-0.3, -0.25) is 0 Å². The number of nitrogens with zero attached hydrogens (tertiary/aromatic N) is 4. The van der Waals surface area contributed by atoms with Gasteiger partial charge in [0.2, 0.25) is 0 Å². The molecule has 1 aliphatic rings. The third-order valence-corrected chi connectivity index (χ3v) is 7.39. The van der Waals surface area contributed by atoms with Gasteiger partial charge in [0.1, 0.15) is 4.83 Å². The van der Waals surface area contributed by atoms with E-state index in [0.717, 1.165) is 39.4 Å². The Kier molecular flexibility index (Phi) is 4.96. The van der Waals surface area contributed by atoms with Crippen LogP contribution in [0.1, 0.15) is 37.6 Å². The fourth-order valence-corrected chi connectivity index (χ4v) is 5.73. The van der Waals surface area contributed by atoms with Crippen LogP contribution in [0.25, 0.3) is 15.9 Å². The van der Waals surface area contributed by atoms with Crippen molar-refractivity contribution in [3.8, 4) is 0 Å². The first-order valence-electron chi connectivity index (χ1n) is 8.61. The highest BCUT2D eigenvalue weighted by molar-refractivity contribution is 7.99. The molecule has 0 saturated carbocycles. The van der Waals surface area contributed by atoms with Crippen LogP contribution in [0.4, 0.5) is 0 Å². The SMILES string of the molecule is CCCSc1nnc2c3c4c(sc3nc(SC)n12)CO[C@@H](C(C)C)C4. The molecule has 3 aromatic heterocycles. The Morgan fingerprint density at radius 1 is 1.32 bits per heavy atom. The van der Waals surface area contributed by atoms with Crippen LogP contribution in [-0.2, 0) is 17.8 Å². The van der Waals surface area contributed by atoms with E-state index in [1.54, 1.807) is 34.9 Å². The van der Waals surface area contributed by atoms with Crippen molar-refractivity contribution in [2.24, 2.45) is 5.92 Å². The lowest BCUT2D eigenvalue weighted by Gasteiger charge is -2.26. The maximum absolute atomic E-state index is 6.05. The smallest absolute Gasteiger partial charge is 0.197 e. The Morgan fingerprint density at radius 2 is 2.16 bits per heavy atom. The van der Waals surface area contributed by atoms with Gasteiger partial charge in [0.05, 0.1) is 18.1 Å². The zero-order valence-corrected chi connectivity index (χ0v) is 17.4. The van der Waals surface area contributed by atoms with Gasteiger partial charge in [0, 0.05) is 17.1 Å². The summed E-state index contributed by atoms with van der Waals surface area (Å²) in [5.74, 6) is 1.54. The minimum atomic E-state index is 0.266. The Morgan fingerprint density at radius 3 is 2.88 bits per heavy atom. The number of fused-ring (bicyclic) bond motifs is 5. The lowest BCUT2D eigenvalue weighted by atomic mass is 9.96. The van der Waals surface area contributed by atoms with Gasteiger partial charge in [-0.2, -0.15) is 0 Å². The number of aromatic nitrogens is 4. The topological polar surface area (TPSA) is 52.3 Å². The average molecular weight is 395 g/mol. The van der Waals surface area contributed by atoms with Crippen LogP contribution in [0.5, 0.6) is 0 Å². The van der Waals surface area contributed by atoms with Gasteiger partial charge in [0.25, 0.3) is 0 Å². The first kappa shape index (κ1) is 17.6. The summed E-state index contributed by atoms with van der Waals surface area (Å²) in [7, 11) is 0. The highest BCUT2D eigenvalue weighted by atomic mass is 32.2. The summed E-state index contributed by atoms with van der Waals surface area (Å²) in [6.07, 6.45) is 4.38. The van der Waals surface area contributed by atoms with Crippen molar-refractivity contribution < 1.29 is 4.74 Å². The highest BCUT2D eigenvalue weighted by Gasteiger charge is 2.28. The normalized spacial score (nSPS) is 17.7. The van der Waals surface area contributed by atoms with Crippen LogP contribution in [0.15, 0.2) is 10.3 Å². The first-order valence-corrected chi connectivity index (χ1v) is 11.6. The second-order valence-electron chi connectivity index (χ2n) is 6.57. The summed E-state index contributed by atoms with van der Waals surface area (Å²) in [5, 5.41) is 12.1. The molecule has 5 nitrogen and oxygen atoms in total. The van der Waals surface area contributed by atoms with Crippen LogP contribution < -0.4 is 0 Å². The molecule has 3 aromatic rings. The maximum Gasteiger partial charge on any atom is 0.197 e. The Labute approximate surface area is 160 Å². The molecule has 25 heavy (non-hydrogen) atoms. The van der Waals surface area contributed by atoms with Crippen LogP contribution >= 0.6 is 34.9 Å². The van der Waals surface area contributed by atoms with Crippen molar-refractivity contribution in [3.63, 3.8) is 0 Å². The van der Waals surface area contributed by atoms with E-state index in [0.29, 0.717) is 12.5 Å². The van der Waals surface area contributed by atoms with Gasteiger partial charge in [-0.1, -0.05) is 44.3 Å². The third kappa shape index (κ3) is 2.97. The van der Waals surface area contributed by atoms with E-state index >= 15 is 0 Å². The van der Waals surface area contributed by atoms with Gasteiger partial charge in [-0.05, 0) is 24.2 Å². The fraction of sp³-hybridized carbons (Fsp3) is 0.588. The van der Waals surface area contributed by atoms with Crippen LogP contribution in [0.3, 0.4) is 0 Å². The number of hydrogen-bond acceptors (Lipinski definition) is 7. The molecule has 0 amide bonds. The predicted molar refractivity (Wildman–Crippen MR) is 106 cm³/mol. The van der Waals surface area contributed by atoms with E-state index < -0.39 is 0 Å². The Balaban J connectivity index is 1.93. The second kappa shape index (κ2) is 7.06. The van der Waals surface area contributed by atoms with Crippen molar-refractivity contribution in [2.45, 2.75) is 56.6 Å².